The Hall–Kier alpha value is -0.860. The third kappa shape index (κ3) is 3.42. The Bertz CT molecular complexity index is 418. The van der Waals surface area contributed by atoms with Crippen molar-refractivity contribution in [1.82, 2.24) is 5.32 Å². The van der Waals surface area contributed by atoms with Gasteiger partial charge in [-0.1, -0.05) is 37.3 Å². The molecular formula is C18H27NO. The molecule has 110 valence electrons. The van der Waals surface area contributed by atoms with Gasteiger partial charge in [0, 0.05) is 12.6 Å². The van der Waals surface area contributed by atoms with Crippen LogP contribution in [0.15, 0.2) is 30.3 Å². The highest BCUT2D eigenvalue weighted by molar-refractivity contribution is 5.21. The van der Waals surface area contributed by atoms with Gasteiger partial charge in [0.05, 0.1) is 5.60 Å². The Kier molecular flexibility index (Phi) is 4.13. The molecule has 0 saturated heterocycles. The Morgan fingerprint density at radius 1 is 1.15 bits per heavy atom. The maximum Gasteiger partial charge on any atom is 0.0772 e. The first-order valence-corrected chi connectivity index (χ1v) is 8.17. The van der Waals surface area contributed by atoms with Crippen molar-refractivity contribution in [2.24, 2.45) is 11.8 Å². The molecule has 1 aromatic carbocycles. The van der Waals surface area contributed by atoms with Gasteiger partial charge in [0.25, 0.3) is 0 Å². The van der Waals surface area contributed by atoms with Crippen LogP contribution in [0.1, 0.15) is 57.1 Å². The third-order valence-electron chi connectivity index (χ3n) is 5.11. The van der Waals surface area contributed by atoms with E-state index in [4.69, 9.17) is 0 Å². The molecule has 2 heteroatoms. The number of benzene rings is 1. The fourth-order valence-electron chi connectivity index (χ4n) is 3.42. The molecule has 0 aliphatic heterocycles. The predicted molar refractivity (Wildman–Crippen MR) is 82.5 cm³/mol. The molecule has 20 heavy (non-hydrogen) atoms. The fourth-order valence-corrected chi connectivity index (χ4v) is 3.42. The highest BCUT2D eigenvalue weighted by atomic mass is 16.3. The van der Waals surface area contributed by atoms with E-state index in [0.717, 1.165) is 44.1 Å². The van der Waals surface area contributed by atoms with Crippen molar-refractivity contribution in [3.63, 3.8) is 0 Å². The fraction of sp³-hybridized carbons (Fsp3) is 0.667. The minimum atomic E-state index is -0.478. The summed E-state index contributed by atoms with van der Waals surface area (Å²) in [5, 5.41) is 14.4. The van der Waals surface area contributed by atoms with Crippen LogP contribution < -0.4 is 5.32 Å². The summed E-state index contributed by atoms with van der Waals surface area (Å²) in [7, 11) is 0. The number of aliphatic hydroxyl groups is 1. The highest BCUT2D eigenvalue weighted by Gasteiger charge is 2.36. The van der Waals surface area contributed by atoms with Gasteiger partial charge in [-0.2, -0.15) is 0 Å². The molecule has 2 aliphatic rings. The molecule has 0 amide bonds. The summed E-state index contributed by atoms with van der Waals surface area (Å²) in [6.45, 7) is 3.04. The lowest BCUT2D eigenvalue weighted by Crippen LogP contribution is -2.44. The molecule has 2 fully saturated rings. The van der Waals surface area contributed by atoms with E-state index in [1.807, 2.05) is 0 Å². The van der Waals surface area contributed by atoms with Crippen LogP contribution in [-0.2, 0) is 0 Å². The van der Waals surface area contributed by atoms with Gasteiger partial charge in [0.2, 0.25) is 0 Å². The van der Waals surface area contributed by atoms with Crippen molar-refractivity contribution in [1.29, 1.82) is 0 Å². The van der Waals surface area contributed by atoms with Crippen LogP contribution in [0.3, 0.4) is 0 Å². The van der Waals surface area contributed by atoms with Gasteiger partial charge in [-0.25, -0.2) is 0 Å². The van der Waals surface area contributed by atoms with Crippen LogP contribution in [0.5, 0.6) is 0 Å². The van der Waals surface area contributed by atoms with Crippen molar-refractivity contribution < 1.29 is 5.11 Å². The van der Waals surface area contributed by atoms with Crippen LogP contribution in [0.2, 0.25) is 0 Å². The van der Waals surface area contributed by atoms with E-state index in [1.54, 1.807) is 0 Å². The molecule has 0 aromatic heterocycles. The Balaban J connectivity index is 1.60. The van der Waals surface area contributed by atoms with Crippen LogP contribution in [0.25, 0.3) is 0 Å². The summed E-state index contributed by atoms with van der Waals surface area (Å²) in [6, 6.07) is 11.2. The molecular weight excluding hydrogens is 246 g/mol. The molecule has 2 N–H and O–H groups in total. The zero-order chi connectivity index (χ0) is 14.0. The first-order valence-electron chi connectivity index (χ1n) is 8.17. The zero-order valence-corrected chi connectivity index (χ0v) is 12.5. The van der Waals surface area contributed by atoms with Gasteiger partial charge in [-0.3, -0.25) is 0 Å². The van der Waals surface area contributed by atoms with E-state index in [1.165, 1.54) is 18.4 Å². The number of rotatable bonds is 5. The molecule has 1 aromatic rings. The lowest BCUT2D eigenvalue weighted by molar-refractivity contribution is -0.00873. The van der Waals surface area contributed by atoms with Crippen LogP contribution in [0.4, 0.5) is 0 Å². The predicted octanol–water partition coefficient (Wildman–Crippen LogP) is 3.67. The normalized spacial score (nSPS) is 32.0. The molecule has 0 bridgehead atoms. The van der Waals surface area contributed by atoms with Crippen LogP contribution in [-0.4, -0.2) is 17.3 Å². The maximum atomic E-state index is 10.7. The SMILES string of the molecule is CC1CCC(O)(CNC(c2ccccc2)C2CC2)CC1. The van der Waals surface area contributed by atoms with E-state index in [9.17, 15) is 5.11 Å². The van der Waals surface area contributed by atoms with Gasteiger partial charge in [-0.15, -0.1) is 0 Å². The largest absolute Gasteiger partial charge is 0.389 e. The Labute approximate surface area is 122 Å². The summed E-state index contributed by atoms with van der Waals surface area (Å²) in [6.07, 6.45) is 6.87. The minimum Gasteiger partial charge on any atom is -0.389 e. The summed E-state index contributed by atoms with van der Waals surface area (Å²) in [5.41, 5.74) is 0.900. The first-order chi connectivity index (χ1) is 9.66. The van der Waals surface area contributed by atoms with Gasteiger partial charge in [-0.05, 0) is 55.9 Å². The topological polar surface area (TPSA) is 32.3 Å². The monoisotopic (exact) mass is 273 g/mol. The molecule has 2 nitrogen and oxygen atoms in total. The van der Waals surface area contributed by atoms with Crippen molar-refractivity contribution in [2.45, 2.75) is 57.1 Å². The minimum absolute atomic E-state index is 0.430. The molecule has 2 aliphatic carbocycles. The van der Waals surface area contributed by atoms with Crippen molar-refractivity contribution in [3.05, 3.63) is 35.9 Å². The number of nitrogens with one attached hydrogen (secondary N) is 1. The molecule has 1 unspecified atom stereocenters. The van der Waals surface area contributed by atoms with E-state index in [-0.39, 0.29) is 0 Å². The number of hydrogen-bond acceptors (Lipinski definition) is 2. The summed E-state index contributed by atoms with van der Waals surface area (Å²) < 4.78 is 0. The molecule has 2 saturated carbocycles. The molecule has 3 rings (SSSR count). The summed E-state index contributed by atoms with van der Waals surface area (Å²) in [5.74, 6) is 1.55. The smallest absolute Gasteiger partial charge is 0.0772 e. The van der Waals surface area contributed by atoms with Gasteiger partial charge >= 0.3 is 0 Å². The number of hydrogen-bond donors (Lipinski definition) is 2. The van der Waals surface area contributed by atoms with E-state index < -0.39 is 5.60 Å². The van der Waals surface area contributed by atoms with Crippen molar-refractivity contribution in [3.8, 4) is 0 Å². The maximum absolute atomic E-state index is 10.7. The Morgan fingerprint density at radius 2 is 1.80 bits per heavy atom. The molecule has 0 spiro atoms. The molecule has 1 atom stereocenters. The second-order valence-corrected chi connectivity index (χ2v) is 7.01. The third-order valence-corrected chi connectivity index (χ3v) is 5.11. The summed E-state index contributed by atoms with van der Waals surface area (Å²) >= 11 is 0. The molecule has 0 heterocycles. The van der Waals surface area contributed by atoms with Gasteiger partial charge in [0.1, 0.15) is 0 Å². The quantitative estimate of drug-likeness (QED) is 0.858. The lowest BCUT2D eigenvalue weighted by atomic mass is 9.79. The second-order valence-electron chi connectivity index (χ2n) is 7.01. The lowest BCUT2D eigenvalue weighted by Gasteiger charge is -2.36. The average Bonchev–Trinajstić information content (AvgIpc) is 3.29. The first kappa shape index (κ1) is 14.1. The van der Waals surface area contributed by atoms with E-state index in [2.05, 4.69) is 42.6 Å². The van der Waals surface area contributed by atoms with Crippen LogP contribution >= 0.6 is 0 Å². The standard InChI is InChI=1S/C18H27NO/c1-14-9-11-18(20,12-10-14)13-19-17(16-7-8-16)15-5-3-2-4-6-15/h2-6,14,16-17,19-20H,7-13H2,1H3. The van der Waals surface area contributed by atoms with Crippen molar-refractivity contribution in [2.75, 3.05) is 6.54 Å². The van der Waals surface area contributed by atoms with E-state index in [0.29, 0.717) is 6.04 Å². The summed E-state index contributed by atoms with van der Waals surface area (Å²) in [4.78, 5) is 0. The van der Waals surface area contributed by atoms with Crippen molar-refractivity contribution >= 4 is 0 Å². The molecule has 0 radical (unpaired) electrons. The van der Waals surface area contributed by atoms with Gasteiger partial charge < -0.3 is 10.4 Å². The average molecular weight is 273 g/mol. The highest BCUT2D eigenvalue weighted by Crippen LogP contribution is 2.41. The van der Waals surface area contributed by atoms with E-state index >= 15 is 0 Å². The van der Waals surface area contributed by atoms with Crippen LogP contribution in [0, 0.1) is 11.8 Å². The van der Waals surface area contributed by atoms with Gasteiger partial charge in [0.15, 0.2) is 0 Å². The second kappa shape index (κ2) is 5.87. The zero-order valence-electron chi connectivity index (χ0n) is 12.5. The Morgan fingerprint density at radius 3 is 2.40 bits per heavy atom.